The first kappa shape index (κ1) is 11.2. The molecule has 2 saturated heterocycles. The Morgan fingerprint density at radius 2 is 2.20 bits per heavy atom. The van der Waals surface area contributed by atoms with E-state index in [1.807, 2.05) is 4.90 Å². The van der Waals surface area contributed by atoms with Gasteiger partial charge in [-0.1, -0.05) is 15.9 Å². The van der Waals surface area contributed by atoms with E-state index in [9.17, 15) is 4.79 Å². The van der Waals surface area contributed by atoms with Crippen LogP contribution in [0.15, 0.2) is 0 Å². The third-order valence-electron chi connectivity index (χ3n) is 3.31. The Morgan fingerprint density at radius 1 is 1.47 bits per heavy atom. The number of alkyl halides is 1. The summed E-state index contributed by atoms with van der Waals surface area (Å²) in [6, 6.07) is 0.0850. The van der Waals surface area contributed by atoms with Gasteiger partial charge in [-0.3, -0.25) is 0 Å². The van der Waals surface area contributed by atoms with Gasteiger partial charge < -0.3 is 15.0 Å². The van der Waals surface area contributed by atoms with Crippen molar-refractivity contribution < 1.29 is 9.53 Å². The molecule has 0 radical (unpaired) electrons. The summed E-state index contributed by atoms with van der Waals surface area (Å²) in [5, 5.41) is 3.79. The Bertz CT molecular complexity index is 242. The standard InChI is InChI=1S/C10H17BrN2O2/c11-7-10(1-5-15-6-2-10)8-13-4-3-12-9(13)14/h1-8H2,(H,12,14). The second-order valence-electron chi connectivity index (χ2n) is 4.40. The van der Waals surface area contributed by atoms with Gasteiger partial charge >= 0.3 is 6.03 Å². The number of rotatable bonds is 3. The van der Waals surface area contributed by atoms with Crippen molar-refractivity contribution in [1.82, 2.24) is 10.2 Å². The van der Waals surface area contributed by atoms with Crippen molar-refractivity contribution in [3.63, 3.8) is 0 Å². The van der Waals surface area contributed by atoms with Gasteiger partial charge in [0.25, 0.3) is 0 Å². The van der Waals surface area contributed by atoms with Gasteiger partial charge in [0, 0.05) is 43.6 Å². The van der Waals surface area contributed by atoms with Gasteiger partial charge in [0.1, 0.15) is 0 Å². The summed E-state index contributed by atoms with van der Waals surface area (Å²) >= 11 is 3.58. The van der Waals surface area contributed by atoms with Crippen LogP contribution >= 0.6 is 15.9 Å². The molecule has 2 aliphatic heterocycles. The van der Waals surface area contributed by atoms with Crippen molar-refractivity contribution in [1.29, 1.82) is 0 Å². The molecule has 4 nitrogen and oxygen atoms in total. The van der Waals surface area contributed by atoms with E-state index in [1.165, 1.54) is 0 Å². The normalized spacial score (nSPS) is 25.4. The highest BCUT2D eigenvalue weighted by Gasteiger charge is 2.36. The lowest BCUT2D eigenvalue weighted by atomic mass is 9.82. The molecule has 2 rings (SSSR count). The van der Waals surface area contributed by atoms with E-state index < -0.39 is 0 Å². The van der Waals surface area contributed by atoms with E-state index in [0.29, 0.717) is 0 Å². The van der Waals surface area contributed by atoms with Crippen LogP contribution < -0.4 is 5.32 Å². The third-order valence-corrected chi connectivity index (χ3v) is 4.50. The lowest BCUT2D eigenvalue weighted by molar-refractivity contribution is 0.0160. The second-order valence-corrected chi connectivity index (χ2v) is 4.96. The first-order chi connectivity index (χ1) is 7.26. The van der Waals surface area contributed by atoms with Crippen LogP contribution in [0.2, 0.25) is 0 Å². The molecule has 2 aliphatic rings. The van der Waals surface area contributed by atoms with Crippen LogP contribution in [0.3, 0.4) is 0 Å². The van der Waals surface area contributed by atoms with Crippen molar-refractivity contribution in [2.24, 2.45) is 5.41 Å². The van der Waals surface area contributed by atoms with Crippen LogP contribution in [0.25, 0.3) is 0 Å². The van der Waals surface area contributed by atoms with Crippen molar-refractivity contribution >= 4 is 22.0 Å². The molecule has 2 fully saturated rings. The number of ether oxygens (including phenoxy) is 1. The molecule has 2 amide bonds. The molecule has 1 N–H and O–H groups in total. The molecule has 2 heterocycles. The molecule has 0 saturated carbocycles. The fourth-order valence-electron chi connectivity index (χ4n) is 2.21. The Kier molecular flexibility index (Phi) is 3.51. The van der Waals surface area contributed by atoms with Crippen LogP contribution in [-0.2, 0) is 4.74 Å². The zero-order valence-electron chi connectivity index (χ0n) is 8.80. The number of nitrogens with one attached hydrogen (secondary N) is 1. The monoisotopic (exact) mass is 276 g/mol. The van der Waals surface area contributed by atoms with Gasteiger partial charge in [-0.15, -0.1) is 0 Å². The minimum absolute atomic E-state index is 0.0850. The molecule has 5 heteroatoms. The number of carbonyl (C=O) groups excluding carboxylic acids is 1. The Morgan fingerprint density at radius 3 is 2.73 bits per heavy atom. The molecular weight excluding hydrogens is 260 g/mol. The minimum atomic E-state index is 0.0850. The first-order valence-electron chi connectivity index (χ1n) is 5.42. The molecule has 0 atom stereocenters. The molecule has 0 aromatic heterocycles. The highest BCUT2D eigenvalue weighted by molar-refractivity contribution is 9.09. The van der Waals surface area contributed by atoms with Crippen LogP contribution in [-0.4, -0.2) is 49.1 Å². The highest BCUT2D eigenvalue weighted by atomic mass is 79.9. The molecule has 0 aromatic carbocycles. The maximum atomic E-state index is 11.5. The second kappa shape index (κ2) is 4.70. The van der Waals surface area contributed by atoms with Gasteiger partial charge in [-0.05, 0) is 12.8 Å². The lowest BCUT2D eigenvalue weighted by Crippen LogP contribution is -2.43. The number of amides is 2. The maximum Gasteiger partial charge on any atom is 0.317 e. The Balaban J connectivity index is 1.97. The summed E-state index contributed by atoms with van der Waals surface area (Å²) in [4.78, 5) is 13.4. The number of urea groups is 1. The van der Waals surface area contributed by atoms with Crippen molar-refractivity contribution in [2.45, 2.75) is 12.8 Å². The summed E-state index contributed by atoms with van der Waals surface area (Å²) < 4.78 is 5.38. The third kappa shape index (κ3) is 2.45. The van der Waals surface area contributed by atoms with Gasteiger partial charge in [0.15, 0.2) is 0 Å². The topological polar surface area (TPSA) is 41.6 Å². The SMILES string of the molecule is O=C1NCCN1CC1(CBr)CCOCC1. The maximum absolute atomic E-state index is 11.5. The van der Waals surface area contributed by atoms with Crippen LogP contribution in [0.1, 0.15) is 12.8 Å². The predicted octanol–water partition coefficient (Wildman–Crippen LogP) is 1.20. The van der Waals surface area contributed by atoms with Gasteiger partial charge in [0.05, 0.1) is 0 Å². The quantitative estimate of drug-likeness (QED) is 0.788. The molecule has 0 spiro atoms. The van der Waals surface area contributed by atoms with E-state index in [0.717, 1.165) is 51.0 Å². The fraction of sp³-hybridized carbons (Fsp3) is 0.900. The molecule has 0 bridgehead atoms. The van der Waals surface area contributed by atoms with Crippen LogP contribution in [0, 0.1) is 5.41 Å². The highest BCUT2D eigenvalue weighted by Crippen LogP contribution is 2.33. The zero-order chi connectivity index (χ0) is 10.7. The van der Waals surface area contributed by atoms with Crippen LogP contribution in [0.4, 0.5) is 4.79 Å². The number of carbonyl (C=O) groups is 1. The van der Waals surface area contributed by atoms with Gasteiger partial charge in [-0.2, -0.15) is 0 Å². The van der Waals surface area contributed by atoms with E-state index >= 15 is 0 Å². The fourth-order valence-corrected chi connectivity index (χ4v) is 2.94. The lowest BCUT2D eigenvalue weighted by Gasteiger charge is -2.38. The van der Waals surface area contributed by atoms with Crippen LogP contribution in [0.5, 0.6) is 0 Å². The number of nitrogens with zero attached hydrogens (tertiary/aromatic N) is 1. The Hall–Kier alpha value is -0.290. The summed E-state index contributed by atoms with van der Waals surface area (Å²) in [5.74, 6) is 0. The minimum Gasteiger partial charge on any atom is -0.381 e. The Labute approximate surface area is 98.5 Å². The van der Waals surface area contributed by atoms with Crippen molar-refractivity contribution in [2.75, 3.05) is 38.2 Å². The molecule has 86 valence electrons. The predicted molar refractivity (Wildman–Crippen MR) is 61.3 cm³/mol. The largest absolute Gasteiger partial charge is 0.381 e. The summed E-state index contributed by atoms with van der Waals surface area (Å²) in [7, 11) is 0. The summed E-state index contributed by atoms with van der Waals surface area (Å²) in [6.45, 7) is 4.12. The van der Waals surface area contributed by atoms with Gasteiger partial charge in [-0.25, -0.2) is 4.79 Å². The average molecular weight is 277 g/mol. The van der Waals surface area contributed by atoms with Crippen molar-refractivity contribution in [3.05, 3.63) is 0 Å². The van der Waals surface area contributed by atoms with E-state index in [4.69, 9.17) is 4.74 Å². The first-order valence-corrected chi connectivity index (χ1v) is 6.54. The molecule has 0 aliphatic carbocycles. The van der Waals surface area contributed by atoms with Gasteiger partial charge in [0.2, 0.25) is 0 Å². The summed E-state index contributed by atoms with van der Waals surface area (Å²) in [6.07, 6.45) is 2.09. The molecule has 0 unspecified atom stereocenters. The number of hydrogen-bond acceptors (Lipinski definition) is 2. The number of halogens is 1. The van der Waals surface area contributed by atoms with E-state index in [-0.39, 0.29) is 11.4 Å². The van der Waals surface area contributed by atoms with E-state index in [2.05, 4.69) is 21.2 Å². The smallest absolute Gasteiger partial charge is 0.317 e. The molecule has 0 aromatic rings. The molecular formula is C10H17BrN2O2. The number of hydrogen-bond donors (Lipinski definition) is 1. The van der Waals surface area contributed by atoms with E-state index in [1.54, 1.807) is 0 Å². The summed E-state index contributed by atoms with van der Waals surface area (Å²) in [5.41, 5.74) is 0.222. The average Bonchev–Trinajstić information content (AvgIpc) is 2.66. The van der Waals surface area contributed by atoms with Crippen molar-refractivity contribution in [3.8, 4) is 0 Å². The zero-order valence-corrected chi connectivity index (χ0v) is 10.4. The molecule has 15 heavy (non-hydrogen) atoms.